The molecule has 0 aliphatic carbocycles. The number of amides is 1. The van der Waals surface area contributed by atoms with Gasteiger partial charge in [0.05, 0.1) is 0 Å². The first-order valence-electron chi connectivity index (χ1n) is 7.30. The number of aromatic nitrogens is 1. The van der Waals surface area contributed by atoms with E-state index in [-0.39, 0.29) is 11.9 Å². The third-order valence-electron chi connectivity index (χ3n) is 3.93. The molecule has 0 radical (unpaired) electrons. The van der Waals surface area contributed by atoms with Gasteiger partial charge >= 0.3 is 0 Å². The van der Waals surface area contributed by atoms with Gasteiger partial charge in [0.1, 0.15) is 17.7 Å². The topological polar surface area (TPSA) is 94.0 Å². The molecule has 2 unspecified atom stereocenters. The van der Waals surface area contributed by atoms with Crippen LogP contribution in [0.1, 0.15) is 23.7 Å². The van der Waals surface area contributed by atoms with Gasteiger partial charge in [0, 0.05) is 14.0 Å². The van der Waals surface area contributed by atoms with Crippen LogP contribution in [-0.4, -0.2) is 35.2 Å². The van der Waals surface area contributed by atoms with Crippen molar-refractivity contribution in [2.75, 3.05) is 7.05 Å². The number of guanidine groups is 1. The molecule has 1 aromatic heterocycles. The van der Waals surface area contributed by atoms with Crippen molar-refractivity contribution in [1.29, 1.82) is 0 Å². The van der Waals surface area contributed by atoms with Crippen LogP contribution in [0.15, 0.2) is 40.3 Å². The lowest BCUT2D eigenvalue weighted by Gasteiger charge is -2.24. The fourth-order valence-corrected chi connectivity index (χ4v) is 2.72. The van der Waals surface area contributed by atoms with Gasteiger partial charge in [0.2, 0.25) is 11.9 Å². The van der Waals surface area contributed by atoms with Gasteiger partial charge in [-0.05, 0) is 30.2 Å². The van der Waals surface area contributed by atoms with E-state index in [4.69, 9.17) is 14.9 Å². The summed E-state index contributed by atoms with van der Waals surface area (Å²) in [6, 6.07) is 4.95. The van der Waals surface area contributed by atoms with Crippen LogP contribution < -0.4 is 10.5 Å². The Morgan fingerprint density at radius 2 is 2.21 bits per heavy atom. The third kappa shape index (κ3) is 2.31. The first-order valence-corrected chi connectivity index (χ1v) is 7.30. The molecule has 1 aromatic carbocycles. The van der Waals surface area contributed by atoms with Gasteiger partial charge in [-0.2, -0.15) is 0 Å². The highest BCUT2D eigenvalue weighted by atomic mass is 19.1. The predicted octanol–water partition coefficient (Wildman–Crippen LogP) is 1.71. The molecule has 2 N–H and O–H groups in total. The Morgan fingerprint density at radius 1 is 1.46 bits per heavy atom. The third-order valence-corrected chi connectivity index (χ3v) is 3.93. The van der Waals surface area contributed by atoms with E-state index >= 15 is 0 Å². The number of likely N-dealkylation sites (N-methyl/N-ethyl adjacent to an activating group) is 1. The van der Waals surface area contributed by atoms with Crippen molar-refractivity contribution in [2.45, 2.75) is 25.7 Å². The van der Waals surface area contributed by atoms with Gasteiger partial charge in [-0.25, -0.2) is 14.4 Å². The number of hydrogen-bond acceptors (Lipinski definition) is 6. The number of hydrogen-bond donors (Lipinski definition) is 1. The van der Waals surface area contributed by atoms with Crippen molar-refractivity contribution < 1.29 is 18.3 Å². The molecule has 0 spiro atoms. The molecule has 1 amide bonds. The summed E-state index contributed by atoms with van der Waals surface area (Å²) in [5.41, 5.74) is 5.96. The molecular formula is C16H17FN4O3. The number of benzene rings is 1. The van der Waals surface area contributed by atoms with E-state index in [9.17, 15) is 9.18 Å². The van der Waals surface area contributed by atoms with Crippen LogP contribution in [0.2, 0.25) is 0 Å². The summed E-state index contributed by atoms with van der Waals surface area (Å²) >= 11 is 0. The summed E-state index contributed by atoms with van der Waals surface area (Å²) in [7, 11) is 1.54. The second-order valence-electron chi connectivity index (χ2n) is 5.56. The van der Waals surface area contributed by atoms with Crippen LogP contribution in [0.25, 0.3) is 0 Å². The van der Waals surface area contributed by atoms with Crippen molar-refractivity contribution in [2.24, 2.45) is 10.7 Å². The Kier molecular flexibility index (Phi) is 3.75. The van der Waals surface area contributed by atoms with E-state index in [2.05, 4.69) is 9.98 Å². The molecule has 8 heteroatoms. The molecular weight excluding hydrogens is 315 g/mol. The highest BCUT2D eigenvalue weighted by molar-refractivity contribution is 6.08. The smallest absolute Gasteiger partial charge is 0.268 e. The lowest BCUT2D eigenvalue weighted by molar-refractivity contribution is -0.129. The van der Waals surface area contributed by atoms with Gasteiger partial charge < -0.3 is 14.9 Å². The summed E-state index contributed by atoms with van der Waals surface area (Å²) in [6.07, 6.45) is 1.15. The Morgan fingerprint density at radius 3 is 2.71 bits per heavy atom. The lowest BCUT2D eigenvalue weighted by atomic mass is 9.86. The SMILES string of the molecule is Cc1cc(C2(c3cocn3)N=C(N)N(C)C2=O)ccc1OC(C)F. The molecule has 2 heterocycles. The van der Waals surface area contributed by atoms with Crippen molar-refractivity contribution in [3.8, 4) is 5.75 Å². The fraction of sp³-hybridized carbons (Fsp3) is 0.312. The molecule has 7 nitrogen and oxygen atoms in total. The van der Waals surface area contributed by atoms with Gasteiger partial charge in [0.25, 0.3) is 5.91 Å². The van der Waals surface area contributed by atoms with Gasteiger partial charge in [-0.3, -0.25) is 9.69 Å². The number of oxazole rings is 1. The maximum absolute atomic E-state index is 13.1. The Hall–Kier alpha value is -2.90. The Labute approximate surface area is 137 Å². The van der Waals surface area contributed by atoms with E-state index in [1.54, 1.807) is 25.1 Å². The molecule has 0 saturated carbocycles. The second-order valence-corrected chi connectivity index (χ2v) is 5.56. The maximum Gasteiger partial charge on any atom is 0.268 e. The van der Waals surface area contributed by atoms with Crippen LogP contribution >= 0.6 is 0 Å². The van der Waals surface area contributed by atoms with Crippen molar-refractivity contribution in [3.05, 3.63) is 47.7 Å². The molecule has 0 saturated heterocycles. The molecule has 1 aliphatic rings. The molecule has 0 fully saturated rings. The van der Waals surface area contributed by atoms with Crippen LogP contribution in [-0.2, 0) is 10.3 Å². The number of nitrogens with two attached hydrogens (primary N) is 1. The maximum atomic E-state index is 13.1. The standard InChI is InChI=1S/C16H17FN4O3/c1-9-6-11(4-5-12(9)24-10(2)17)16(13-7-23-8-19-13)14(22)21(3)15(18)20-16/h4-8,10H,1-3H3,(H2,18,20). The second kappa shape index (κ2) is 5.63. The molecule has 24 heavy (non-hydrogen) atoms. The number of nitrogens with zero attached hydrogens (tertiary/aromatic N) is 3. The first-order chi connectivity index (χ1) is 11.4. The van der Waals surface area contributed by atoms with E-state index in [1.165, 1.54) is 31.5 Å². The number of alkyl halides is 1. The zero-order valence-electron chi connectivity index (χ0n) is 13.5. The normalized spacial score (nSPS) is 21.8. The van der Waals surface area contributed by atoms with Crippen LogP contribution in [0.3, 0.4) is 0 Å². The van der Waals surface area contributed by atoms with E-state index in [0.717, 1.165) is 0 Å². The van der Waals surface area contributed by atoms with Gasteiger partial charge in [0.15, 0.2) is 12.4 Å². The Balaban J connectivity index is 2.16. The molecule has 2 aromatic rings. The molecule has 126 valence electrons. The first kappa shape index (κ1) is 16.0. The Bertz CT molecular complexity index is 804. The van der Waals surface area contributed by atoms with Crippen molar-refractivity contribution >= 4 is 11.9 Å². The molecule has 0 bridgehead atoms. The summed E-state index contributed by atoms with van der Waals surface area (Å²) in [5.74, 6) is 0.124. The number of aryl methyl sites for hydroxylation is 1. The minimum Gasteiger partial charge on any atom is -0.460 e. The average Bonchev–Trinajstić information content (AvgIpc) is 3.13. The van der Waals surface area contributed by atoms with E-state index in [0.29, 0.717) is 22.6 Å². The monoisotopic (exact) mass is 332 g/mol. The number of aliphatic imine (C=N–C) groups is 1. The summed E-state index contributed by atoms with van der Waals surface area (Å²) in [5, 5.41) is 0. The van der Waals surface area contributed by atoms with E-state index in [1.807, 2.05) is 0 Å². The van der Waals surface area contributed by atoms with Crippen molar-refractivity contribution in [3.63, 3.8) is 0 Å². The largest absolute Gasteiger partial charge is 0.460 e. The predicted molar refractivity (Wildman–Crippen MR) is 84.1 cm³/mol. The minimum absolute atomic E-state index is 0.0818. The molecule has 2 atom stereocenters. The highest BCUT2D eigenvalue weighted by Gasteiger charge is 2.51. The summed E-state index contributed by atoms with van der Waals surface area (Å²) in [4.78, 5) is 22.6. The number of carbonyl (C=O) groups excluding carboxylic acids is 1. The fourth-order valence-electron chi connectivity index (χ4n) is 2.72. The van der Waals surface area contributed by atoms with Gasteiger partial charge in [-0.1, -0.05) is 6.07 Å². The zero-order valence-corrected chi connectivity index (χ0v) is 13.5. The average molecular weight is 332 g/mol. The number of carbonyl (C=O) groups is 1. The quantitative estimate of drug-likeness (QED) is 0.920. The molecule has 1 aliphatic heterocycles. The number of ether oxygens (including phenoxy) is 1. The van der Waals surface area contributed by atoms with Crippen LogP contribution in [0.4, 0.5) is 4.39 Å². The van der Waals surface area contributed by atoms with Crippen molar-refractivity contribution in [1.82, 2.24) is 9.88 Å². The highest BCUT2D eigenvalue weighted by Crippen LogP contribution is 2.39. The minimum atomic E-state index is -1.44. The van der Waals surface area contributed by atoms with E-state index < -0.39 is 11.9 Å². The summed E-state index contributed by atoms with van der Waals surface area (Å²) in [6.45, 7) is 3.05. The molecule has 3 rings (SSSR count). The van der Waals surface area contributed by atoms with Crippen LogP contribution in [0.5, 0.6) is 5.75 Å². The lowest BCUT2D eigenvalue weighted by Crippen LogP contribution is -2.41. The number of halogens is 1. The summed E-state index contributed by atoms with van der Waals surface area (Å²) < 4.78 is 23.2. The van der Waals surface area contributed by atoms with Gasteiger partial charge in [-0.15, -0.1) is 0 Å². The van der Waals surface area contributed by atoms with Crippen LogP contribution in [0, 0.1) is 6.92 Å². The zero-order chi connectivity index (χ0) is 17.5. The number of rotatable bonds is 4.